The molecule has 1 amide bonds. The summed E-state index contributed by atoms with van der Waals surface area (Å²) in [5.74, 6) is -0.145. The van der Waals surface area contributed by atoms with Gasteiger partial charge in [0.15, 0.2) is 5.69 Å². The second-order valence-electron chi connectivity index (χ2n) is 5.93. The molecule has 1 aliphatic heterocycles. The highest BCUT2D eigenvalue weighted by Gasteiger charge is 2.27. The molecule has 3 aromatic rings. The maximum absolute atomic E-state index is 12.6. The number of rotatable bonds is 2. The van der Waals surface area contributed by atoms with Crippen LogP contribution in [0.5, 0.6) is 5.75 Å². The fourth-order valence-corrected chi connectivity index (χ4v) is 2.96. The minimum atomic E-state index is -0.390. The van der Waals surface area contributed by atoms with Crippen molar-refractivity contribution in [2.45, 2.75) is 13.0 Å². The molecular formula is C18H15N5O3. The Bertz CT molecular complexity index is 1030. The van der Waals surface area contributed by atoms with E-state index in [-0.39, 0.29) is 23.5 Å². The van der Waals surface area contributed by atoms with Crippen LogP contribution in [0.4, 0.5) is 0 Å². The molecule has 0 fully saturated rings. The summed E-state index contributed by atoms with van der Waals surface area (Å²) >= 11 is 0. The third-order valence-electron chi connectivity index (χ3n) is 4.28. The fraction of sp³-hybridized carbons (Fsp3) is 0.167. The van der Waals surface area contributed by atoms with Crippen molar-refractivity contribution in [3.05, 3.63) is 70.2 Å². The number of aromatic hydroxyl groups is 1. The number of aromatic nitrogens is 4. The molecule has 3 aromatic heterocycles. The molecule has 0 spiro atoms. The van der Waals surface area contributed by atoms with E-state index in [2.05, 4.69) is 19.9 Å². The summed E-state index contributed by atoms with van der Waals surface area (Å²) in [6.07, 6.45) is 5.10. The SMILES string of the molecule is O=C(c1ncccc1O)N1CCc2c(nc(-c3cccnc3)[nH]c2=O)C1. The first kappa shape index (κ1) is 15.9. The molecule has 0 saturated heterocycles. The second-order valence-corrected chi connectivity index (χ2v) is 5.93. The number of fused-ring (bicyclic) bond motifs is 1. The molecule has 4 rings (SSSR count). The standard InChI is InChI=1S/C18H15N5O3/c24-14-4-2-7-20-15(14)18(26)23-8-5-12-13(10-23)21-16(22-17(12)25)11-3-1-6-19-9-11/h1-4,6-7,9,24H,5,8,10H2,(H,21,22,25). The average Bonchev–Trinajstić information content (AvgIpc) is 2.68. The molecule has 0 bridgehead atoms. The number of nitrogens with zero attached hydrogens (tertiary/aromatic N) is 4. The van der Waals surface area contributed by atoms with Gasteiger partial charge in [-0.2, -0.15) is 0 Å². The smallest absolute Gasteiger partial charge is 0.276 e. The van der Waals surface area contributed by atoms with Crippen LogP contribution in [-0.2, 0) is 13.0 Å². The van der Waals surface area contributed by atoms with Crippen LogP contribution in [0.2, 0.25) is 0 Å². The van der Waals surface area contributed by atoms with E-state index in [0.717, 1.165) is 0 Å². The van der Waals surface area contributed by atoms with E-state index in [1.54, 1.807) is 30.6 Å². The summed E-state index contributed by atoms with van der Waals surface area (Å²) in [4.78, 5) is 41.9. The maximum atomic E-state index is 12.6. The zero-order valence-corrected chi connectivity index (χ0v) is 13.7. The molecule has 130 valence electrons. The number of carbonyl (C=O) groups is 1. The number of hydrogen-bond donors (Lipinski definition) is 2. The van der Waals surface area contributed by atoms with Crippen LogP contribution < -0.4 is 5.56 Å². The number of aromatic amines is 1. The van der Waals surface area contributed by atoms with Crippen molar-refractivity contribution in [1.82, 2.24) is 24.8 Å². The Hall–Kier alpha value is -3.55. The largest absolute Gasteiger partial charge is 0.505 e. The Balaban J connectivity index is 1.68. The van der Waals surface area contributed by atoms with Gasteiger partial charge in [-0.1, -0.05) is 0 Å². The Labute approximate surface area is 148 Å². The topological polar surface area (TPSA) is 112 Å². The Morgan fingerprint density at radius 1 is 1.23 bits per heavy atom. The number of nitrogens with one attached hydrogen (secondary N) is 1. The van der Waals surface area contributed by atoms with E-state index in [1.165, 1.54) is 17.2 Å². The quantitative estimate of drug-likeness (QED) is 0.717. The fourth-order valence-electron chi connectivity index (χ4n) is 2.96. The number of amides is 1. The van der Waals surface area contributed by atoms with Crippen molar-refractivity contribution in [3.8, 4) is 17.1 Å². The highest BCUT2D eigenvalue weighted by atomic mass is 16.3. The van der Waals surface area contributed by atoms with Crippen LogP contribution >= 0.6 is 0 Å². The highest BCUT2D eigenvalue weighted by Crippen LogP contribution is 2.21. The van der Waals surface area contributed by atoms with Crippen LogP contribution in [0.3, 0.4) is 0 Å². The van der Waals surface area contributed by atoms with Gasteiger partial charge in [0.05, 0.1) is 12.2 Å². The van der Waals surface area contributed by atoms with Gasteiger partial charge in [-0.3, -0.25) is 14.6 Å². The monoisotopic (exact) mass is 349 g/mol. The lowest BCUT2D eigenvalue weighted by Gasteiger charge is -2.27. The average molecular weight is 349 g/mol. The normalized spacial score (nSPS) is 13.3. The van der Waals surface area contributed by atoms with Gasteiger partial charge in [-0.15, -0.1) is 0 Å². The van der Waals surface area contributed by atoms with E-state index < -0.39 is 5.91 Å². The number of carbonyl (C=O) groups excluding carboxylic acids is 1. The Morgan fingerprint density at radius 3 is 2.85 bits per heavy atom. The first-order chi connectivity index (χ1) is 12.6. The van der Waals surface area contributed by atoms with Crippen molar-refractivity contribution in [2.24, 2.45) is 0 Å². The van der Waals surface area contributed by atoms with Crippen molar-refractivity contribution >= 4 is 5.91 Å². The Morgan fingerprint density at radius 2 is 2.08 bits per heavy atom. The van der Waals surface area contributed by atoms with E-state index in [4.69, 9.17) is 0 Å². The highest BCUT2D eigenvalue weighted by molar-refractivity contribution is 5.94. The molecule has 8 heteroatoms. The van der Waals surface area contributed by atoms with Gasteiger partial charge in [0.25, 0.3) is 11.5 Å². The number of pyridine rings is 2. The lowest BCUT2D eigenvalue weighted by Crippen LogP contribution is -2.39. The van der Waals surface area contributed by atoms with Crippen molar-refractivity contribution in [2.75, 3.05) is 6.54 Å². The van der Waals surface area contributed by atoms with Gasteiger partial charge in [0.1, 0.15) is 11.6 Å². The predicted molar refractivity (Wildman–Crippen MR) is 92.4 cm³/mol. The second kappa shape index (κ2) is 6.40. The molecule has 4 heterocycles. The van der Waals surface area contributed by atoms with Crippen LogP contribution in [0.25, 0.3) is 11.4 Å². The van der Waals surface area contributed by atoms with E-state index in [9.17, 15) is 14.7 Å². The summed E-state index contributed by atoms with van der Waals surface area (Å²) < 4.78 is 0. The lowest BCUT2D eigenvalue weighted by atomic mass is 10.1. The van der Waals surface area contributed by atoms with Crippen LogP contribution in [-0.4, -0.2) is 42.4 Å². The van der Waals surface area contributed by atoms with Crippen molar-refractivity contribution in [1.29, 1.82) is 0 Å². The molecular weight excluding hydrogens is 334 g/mol. The van der Waals surface area contributed by atoms with E-state index in [1.807, 2.05) is 0 Å². The van der Waals surface area contributed by atoms with Crippen LogP contribution in [0.15, 0.2) is 47.7 Å². The van der Waals surface area contributed by atoms with Gasteiger partial charge >= 0.3 is 0 Å². The molecule has 26 heavy (non-hydrogen) atoms. The van der Waals surface area contributed by atoms with Gasteiger partial charge in [0, 0.05) is 36.3 Å². The number of hydrogen-bond acceptors (Lipinski definition) is 6. The summed E-state index contributed by atoms with van der Waals surface area (Å²) in [7, 11) is 0. The summed E-state index contributed by atoms with van der Waals surface area (Å²) in [5, 5.41) is 9.86. The van der Waals surface area contributed by atoms with Gasteiger partial charge in [0.2, 0.25) is 0 Å². The van der Waals surface area contributed by atoms with Crippen molar-refractivity contribution < 1.29 is 9.90 Å². The molecule has 0 saturated carbocycles. The molecule has 0 unspecified atom stereocenters. The maximum Gasteiger partial charge on any atom is 0.276 e. The molecule has 0 radical (unpaired) electrons. The zero-order valence-electron chi connectivity index (χ0n) is 13.7. The molecule has 0 aromatic carbocycles. The minimum absolute atomic E-state index is 0.00623. The molecule has 0 aliphatic carbocycles. The minimum Gasteiger partial charge on any atom is -0.505 e. The summed E-state index contributed by atoms with van der Waals surface area (Å²) in [6.45, 7) is 0.542. The van der Waals surface area contributed by atoms with Crippen LogP contribution in [0.1, 0.15) is 21.7 Å². The molecule has 2 N–H and O–H groups in total. The molecule has 1 aliphatic rings. The van der Waals surface area contributed by atoms with Gasteiger partial charge in [-0.05, 0) is 30.7 Å². The van der Waals surface area contributed by atoms with Crippen LogP contribution in [0, 0.1) is 0 Å². The number of H-pyrrole nitrogens is 1. The van der Waals surface area contributed by atoms with E-state index >= 15 is 0 Å². The first-order valence-electron chi connectivity index (χ1n) is 8.09. The third-order valence-corrected chi connectivity index (χ3v) is 4.28. The Kier molecular flexibility index (Phi) is 3.92. The predicted octanol–water partition coefficient (Wildman–Crippen LogP) is 1.13. The summed E-state index contributed by atoms with van der Waals surface area (Å²) in [5.41, 5.74) is 1.60. The molecule has 0 atom stereocenters. The van der Waals surface area contributed by atoms with Crippen molar-refractivity contribution in [3.63, 3.8) is 0 Å². The summed E-state index contributed by atoms with van der Waals surface area (Å²) in [6, 6.07) is 6.53. The first-order valence-corrected chi connectivity index (χ1v) is 8.09. The van der Waals surface area contributed by atoms with Gasteiger partial charge in [-0.25, -0.2) is 9.97 Å². The van der Waals surface area contributed by atoms with E-state index in [0.29, 0.717) is 35.6 Å². The third kappa shape index (κ3) is 2.81. The lowest BCUT2D eigenvalue weighted by molar-refractivity contribution is 0.0722. The van der Waals surface area contributed by atoms with Gasteiger partial charge < -0.3 is 15.0 Å². The zero-order chi connectivity index (χ0) is 18.1. The molecule has 8 nitrogen and oxygen atoms in total.